The lowest BCUT2D eigenvalue weighted by atomic mass is 9.71. The summed E-state index contributed by atoms with van der Waals surface area (Å²) in [5.41, 5.74) is 10.9. The number of fused-ring (bicyclic) bond motifs is 1. The normalized spacial score (nSPS) is 16.5. The van der Waals surface area contributed by atoms with Crippen molar-refractivity contribution in [2.75, 3.05) is 11.9 Å². The zero-order valence-electron chi connectivity index (χ0n) is 19.0. The van der Waals surface area contributed by atoms with Crippen molar-refractivity contribution in [1.82, 2.24) is 10.3 Å². The summed E-state index contributed by atoms with van der Waals surface area (Å²) in [6, 6.07) is 2.90. The Bertz CT molecular complexity index is 1070. The van der Waals surface area contributed by atoms with Gasteiger partial charge in [0, 0.05) is 25.5 Å². The molecule has 9 nitrogen and oxygen atoms in total. The molecule has 2 aromatic rings. The SMILES string of the molecule is NC(=O)CCC(N)C(=O)NCC1(CC(=O)Nc2nc3ccc(OC(F)(F)F)cc3s2)CCCCC1. The average molecular weight is 516 g/mol. The van der Waals surface area contributed by atoms with E-state index in [1.54, 1.807) is 0 Å². The Morgan fingerprint density at radius 2 is 1.91 bits per heavy atom. The lowest BCUT2D eigenvalue weighted by molar-refractivity contribution is -0.274. The van der Waals surface area contributed by atoms with E-state index in [2.05, 4.69) is 20.4 Å². The number of ether oxygens (including phenoxy) is 1. The molecule has 3 rings (SSSR count). The van der Waals surface area contributed by atoms with Crippen molar-refractivity contribution in [2.45, 2.75) is 63.8 Å². The fraction of sp³-hybridized carbons (Fsp3) is 0.545. The summed E-state index contributed by atoms with van der Waals surface area (Å²) in [5, 5.41) is 5.81. The highest BCUT2D eigenvalue weighted by atomic mass is 32.1. The van der Waals surface area contributed by atoms with Gasteiger partial charge < -0.3 is 26.8 Å². The predicted molar refractivity (Wildman–Crippen MR) is 124 cm³/mol. The number of nitrogens with zero attached hydrogens (tertiary/aromatic N) is 1. The Morgan fingerprint density at radius 3 is 2.57 bits per heavy atom. The molecule has 0 spiro atoms. The van der Waals surface area contributed by atoms with Gasteiger partial charge in [0.05, 0.1) is 16.3 Å². The molecule has 3 amide bonds. The highest BCUT2D eigenvalue weighted by molar-refractivity contribution is 7.22. The summed E-state index contributed by atoms with van der Waals surface area (Å²) in [7, 11) is 0. The fourth-order valence-electron chi connectivity index (χ4n) is 4.21. The number of thiazole rings is 1. The van der Waals surface area contributed by atoms with Gasteiger partial charge in [-0.3, -0.25) is 14.4 Å². The molecule has 13 heteroatoms. The van der Waals surface area contributed by atoms with Crippen LogP contribution < -0.4 is 26.8 Å². The summed E-state index contributed by atoms with van der Waals surface area (Å²) in [4.78, 5) is 40.4. The number of carbonyl (C=O) groups is 3. The molecule has 1 aliphatic rings. The van der Waals surface area contributed by atoms with E-state index in [0.29, 0.717) is 10.2 Å². The number of primary amides is 1. The van der Waals surface area contributed by atoms with Crippen molar-refractivity contribution in [3.05, 3.63) is 18.2 Å². The second kappa shape index (κ2) is 11.2. The van der Waals surface area contributed by atoms with Crippen molar-refractivity contribution in [2.24, 2.45) is 16.9 Å². The van der Waals surface area contributed by atoms with E-state index in [9.17, 15) is 27.6 Å². The zero-order chi connectivity index (χ0) is 25.6. The minimum atomic E-state index is -4.80. The number of rotatable bonds is 10. The van der Waals surface area contributed by atoms with Gasteiger partial charge in [-0.2, -0.15) is 0 Å². The van der Waals surface area contributed by atoms with Crippen LogP contribution in [-0.4, -0.2) is 41.7 Å². The van der Waals surface area contributed by atoms with Gasteiger partial charge in [0.2, 0.25) is 17.7 Å². The Labute approximate surface area is 203 Å². The third-order valence-electron chi connectivity index (χ3n) is 5.97. The van der Waals surface area contributed by atoms with Crippen LogP contribution in [0.5, 0.6) is 5.75 Å². The van der Waals surface area contributed by atoms with Gasteiger partial charge in [0.15, 0.2) is 5.13 Å². The number of carbonyl (C=O) groups excluding carboxylic acids is 3. The molecule has 192 valence electrons. The number of halogens is 3. The summed E-state index contributed by atoms with van der Waals surface area (Å²) >= 11 is 1.04. The van der Waals surface area contributed by atoms with Crippen LogP contribution in [0.3, 0.4) is 0 Å². The van der Waals surface area contributed by atoms with Crippen LogP contribution in [0.15, 0.2) is 18.2 Å². The Hall–Kier alpha value is -2.93. The Morgan fingerprint density at radius 1 is 1.20 bits per heavy atom. The number of nitrogens with two attached hydrogens (primary N) is 2. The molecule has 0 bridgehead atoms. The third-order valence-corrected chi connectivity index (χ3v) is 6.90. The van der Waals surface area contributed by atoms with Gasteiger partial charge in [-0.25, -0.2) is 4.98 Å². The van der Waals surface area contributed by atoms with E-state index in [0.717, 1.165) is 49.5 Å². The minimum Gasteiger partial charge on any atom is -0.406 e. The Balaban J connectivity index is 1.62. The first-order chi connectivity index (χ1) is 16.4. The topological polar surface area (TPSA) is 149 Å². The van der Waals surface area contributed by atoms with Gasteiger partial charge >= 0.3 is 6.36 Å². The first-order valence-electron chi connectivity index (χ1n) is 11.2. The van der Waals surface area contributed by atoms with E-state index in [-0.39, 0.29) is 42.6 Å². The van der Waals surface area contributed by atoms with E-state index in [4.69, 9.17) is 11.5 Å². The molecular formula is C22H28F3N5O4S. The maximum absolute atomic E-state index is 12.9. The number of benzene rings is 1. The second-order valence-corrected chi connectivity index (χ2v) is 9.84. The molecule has 1 aromatic heterocycles. The van der Waals surface area contributed by atoms with Crippen LogP contribution in [0.1, 0.15) is 51.4 Å². The number of hydrogen-bond donors (Lipinski definition) is 4. The van der Waals surface area contributed by atoms with Crippen LogP contribution in [0.25, 0.3) is 10.2 Å². The number of alkyl halides is 3. The molecule has 1 aliphatic carbocycles. The number of nitrogens with one attached hydrogen (secondary N) is 2. The highest BCUT2D eigenvalue weighted by Crippen LogP contribution is 2.39. The van der Waals surface area contributed by atoms with Crippen molar-refractivity contribution in [3.8, 4) is 5.75 Å². The quantitative estimate of drug-likeness (QED) is 0.382. The largest absolute Gasteiger partial charge is 0.573 e. The van der Waals surface area contributed by atoms with E-state index >= 15 is 0 Å². The molecule has 1 atom stereocenters. The predicted octanol–water partition coefficient (Wildman–Crippen LogP) is 3.18. The van der Waals surface area contributed by atoms with Crippen molar-refractivity contribution in [3.63, 3.8) is 0 Å². The summed E-state index contributed by atoms with van der Waals surface area (Å²) in [5.74, 6) is -1.60. The first kappa shape index (κ1) is 26.7. The standard InChI is InChI=1S/C22H28F3N5O4S/c23-22(24,25)34-13-4-6-15-16(10-13)35-20(29-15)30-18(32)11-21(8-2-1-3-9-21)12-28-19(33)14(26)5-7-17(27)31/h4,6,10,14H,1-3,5,7-9,11-12,26H2,(H2,27,31)(H,28,33)(H,29,30,32). The number of aromatic nitrogens is 1. The van der Waals surface area contributed by atoms with E-state index in [1.165, 1.54) is 12.1 Å². The van der Waals surface area contributed by atoms with E-state index < -0.39 is 29.6 Å². The fourth-order valence-corrected chi connectivity index (χ4v) is 5.12. The molecule has 0 aliphatic heterocycles. The lowest BCUT2D eigenvalue weighted by Gasteiger charge is -2.37. The number of amides is 3. The molecule has 0 radical (unpaired) electrons. The molecule has 1 unspecified atom stereocenters. The van der Waals surface area contributed by atoms with Crippen LogP contribution in [0.4, 0.5) is 18.3 Å². The summed E-state index contributed by atoms with van der Waals surface area (Å²) in [6.45, 7) is 0.265. The second-order valence-electron chi connectivity index (χ2n) is 8.81. The number of anilines is 1. The average Bonchev–Trinajstić information content (AvgIpc) is 3.16. The van der Waals surface area contributed by atoms with Crippen LogP contribution in [0, 0.1) is 5.41 Å². The smallest absolute Gasteiger partial charge is 0.406 e. The Kier molecular flexibility index (Phi) is 8.54. The summed E-state index contributed by atoms with van der Waals surface area (Å²) < 4.78 is 41.7. The van der Waals surface area contributed by atoms with Crippen molar-refractivity contribution in [1.29, 1.82) is 0 Å². The molecule has 1 fully saturated rings. The molecule has 1 saturated carbocycles. The molecule has 35 heavy (non-hydrogen) atoms. The first-order valence-corrected chi connectivity index (χ1v) is 12.0. The molecule has 6 N–H and O–H groups in total. The maximum Gasteiger partial charge on any atom is 0.573 e. The van der Waals surface area contributed by atoms with Crippen LogP contribution in [0.2, 0.25) is 0 Å². The van der Waals surface area contributed by atoms with Crippen LogP contribution >= 0.6 is 11.3 Å². The van der Waals surface area contributed by atoms with Crippen molar-refractivity contribution < 1.29 is 32.3 Å². The van der Waals surface area contributed by atoms with E-state index in [1.807, 2.05) is 0 Å². The molecule has 0 saturated heterocycles. The van der Waals surface area contributed by atoms with Crippen LogP contribution in [-0.2, 0) is 14.4 Å². The minimum absolute atomic E-state index is 0.00806. The van der Waals surface area contributed by atoms with Crippen molar-refractivity contribution >= 4 is 44.4 Å². The maximum atomic E-state index is 12.9. The van der Waals surface area contributed by atoms with Gasteiger partial charge in [0.25, 0.3) is 0 Å². The van der Waals surface area contributed by atoms with Gasteiger partial charge in [-0.05, 0) is 36.8 Å². The van der Waals surface area contributed by atoms with Gasteiger partial charge in [-0.15, -0.1) is 13.2 Å². The zero-order valence-corrected chi connectivity index (χ0v) is 19.8. The molecule has 1 heterocycles. The number of hydrogen-bond acceptors (Lipinski definition) is 7. The molecule has 1 aromatic carbocycles. The summed E-state index contributed by atoms with van der Waals surface area (Å²) in [6.07, 6.45) is -0.150. The lowest BCUT2D eigenvalue weighted by Crippen LogP contribution is -2.47. The monoisotopic (exact) mass is 515 g/mol. The van der Waals surface area contributed by atoms with Gasteiger partial charge in [0.1, 0.15) is 5.75 Å². The molecular weight excluding hydrogens is 487 g/mol. The van der Waals surface area contributed by atoms with Gasteiger partial charge in [-0.1, -0.05) is 30.6 Å². The third kappa shape index (κ3) is 8.06. The highest BCUT2D eigenvalue weighted by Gasteiger charge is 2.35.